The number of carbonyl (C=O) groups excluding carboxylic acids is 1. The summed E-state index contributed by atoms with van der Waals surface area (Å²) in [5.74, 6) is 4.97. The van der Waals surface area contributed by atoms with Crippen molar-refractivity contribution in [3.63, 3.8) is 0 Å². The molecule has 2 atom stereocenters. The van der Waals surface area contributed by atoms with E-state index in [0.29, 0.717) is 31.6 Å². The van der Waals surface area contributed by atoms with Gasteiger partial charge in [-0.2, -0.15) is 5.90 Å². The van der Waals surface area contributed by atoms with Gasteiger partial charge in [0.2, 0.25) is 0 Å². The normalized spacial score (nSPS) is 21.0. The lowest BCUT2D eigenvalue weighted by molar-refractivity contribution is -0.148. The molecule has 2 aromatic rings. The molecule has 1 aromatic heterocycles. The summed E-state index contributed by atoms with van der Waals surface area (Å²) in [7, 11) is 0. The smallest absolute Gasteiger partial charge is 0.327 e. The van der Waals surface area contributed by atoms with Crippen LogP contribution in [0.15, 0.2) is 24.4 Å². The number of aromatic nitrogens is 3. The molecule has 2 aliphatic rings. The van der Waals surface area contributed by atoms with Gasteiger partial charge < -0.3 is 9.57 Å². The van der Waals surface area contributed by atoms with E-state index in [1.807, 2.05) is 10.9 Å². The molecule has 0 amide bonds. The van der Waals surface area contributed by atoms with Crippen LogP contribution in [0.4, 0.5) is 4.39 Å². The first-order chi connectivity index (χ1) is 14.5. The highest BCUT2D eigenvalue weighted by atomic mass is 19.1. The number of nitrogens with two attached hydrogens (primary N) is 1. The summed E-state index contributed by atoms with van der Waals surface area (Å²) in [6.07, 6.45) is 3.64. The predicted octanol–water partition coefficient (Wildman–Crippen LogP) is 2.18. The molecule has 0 spiro atoms. The molecule has 2 N–H and O–H groups in total. The van der Waals surface area contributed by atoms with Gasteiger partial charge in [-0.25, -0.2) is 9.07 Å². The summed E-state index contributed by atoms with van der Waals surface area (Å²) < 4.78 is 21.1. The number of likely N-dealkylation sites (tertiary alicyclic amines) is 1. The Morgan fingerprint density at radius 2 is 2.17 bits per heavy atom. The number of rotatable bonds is 6. The molecular formula is C21H28FN5O3. The van der Waals surface area contributed by atoms with E-state index in [2.05, 4.69) is 38.2 Å². The van der Waals surface area contributed by atoms with Gasteiger partial charge in [0, 0.05) is 44.2 Å². The van der Waals surface area contributed by atoms with E-state index in [1.54, 1.807) is 6.92 Å². The van der Waals surface area contributed by atoms with Crippen LogP contribution >= 0.6 is 0 Å². The van der Waals surface area contributed by atoms with E-state index in [1.165, 1.54) is 5.56 Å². The van der Waals surface area contributed by atoms with Crippen molar-refractivity contribution in [3.05, 3.63) is 41.2 Å². The Bertz CT molecular complexity index is 881. The van der Waals surface area contributed by atoms with Crippen molar-refractivity contribution in [1.29, 1.82) is 0 Å². The molecule has 30 heavy (non-hydrogen) atoms. The topological polar surface area (TPSA) is 95.5 Å². The maximum Gasteiger partial charge on any atom is 0.327 e. The summed E-state index contributed by atoms with van der Waals surface area (Å²) in [6, 6.07) is 6.31. The molecular weight excluding hydrogens is 389 g/mol. The third-order valence-electron chi connectivity index (χ3n) is 5.92. The summed E-state index contributed by atoms with van der Waals surface area (Å²) >= 11 is 0. The molecule has 8 nitrogen and oxygen atoms in total. The average Bonchev–Trinajstić information content (AvgIpc) is 3.22. The molecule has 0 radical (unpaired) electrons. The van der Waals surface area contributed by atoms with E-state index in [0.717, 1.165) is 37.4 Å². The summed E-state index contributed by atoms with van der Waals surface area (Å²) in [5, 5.41) is 8.49. The van der Waals surface area contributed by atoms with Crippen LogP contribution in [0.3, 0.4) is 0 Å². The van der Waals surface area contributed by atoms with Crippen molar-refractivity contribution in [2.45, 2.75) is 51.4 Å². The van der Waals surface area contributed by atoms with Crippen LogP contribution in [0.2, 0.25) is 0 Å². The van der Waals surface area contributed by atoms with Crippen molar-refractivity contribution in [1.82, 2.24) is 19.9 Å². The molecule has 2 unspecified atom stereocenters. The molecule has 1 saturated heterocycles. The van der Waals surface area contributed by atoms with Crippen LogP contribution < -0.4 is 10.6 Å². The van der Waals surface area contributed by atoms with Gasteiger partial charge in [0.25, 0.3) is 0 Å². The van der Waals surface area contributed by atoms with Crippen molar-refractivity contribution in [2.24, 2.45) is 11.8 Å². The second kappa shape index (κ2) is 9.09. The van der Waals surface area contributed by atoms with Gasteiger partial charge in [-0.15, -0.1) is 5.10 Å². The molecule has 0 aliphatic carbocycles. The van der Waals surface area contributed by atoms with Crippen LogP contribution in [0.5, 0.6) is 5.75 Å². The van der Waals surface area contributed by atoms with Gasteiger partial charge in [-0.05, 0) is 24.5 Å². The van der Waals surface area contributed by atoms with E-state index in [4.69, 9.17) is 10.6 Å². The fraction of sp³-hybridized carbons (Fsp3) is 0.571. The third kappa shape index (κ3) is 4.62. The number of benzene rings is 1. The fourth-order valence-electron chi connectivity index (χ4n) is 4.18. The second-order valence-corrected chi connectivity index (χ2v) is 8.21. The Morgan fingerprint density at radius 1 is 1.37 bits per heavy atom. The van der Waals surface area contributed by atoms with Gasteiger partial charge in [0.1, 0.15) is 11.9 Å². The summed E-state index contributed by atoms with van der Waals surface area (Å²) in [5.41, 5.74) is 2.95. The zero-order valence-corrected chi connectivity index (χ0v) is 17.2. The number of piperidine rings is 1. The molecule has 3 heterocycles. The maximum atomic E-state index is 13.4. The number of ether oxygens (including phenoxy) is 1. The number of alkyl halides is 1. The monoisotopic (exact) mass is 417 g/mol. The molecule has 0 bridgehead atoms. The lowest BCUT2D eigenvalue weighted by atomic mass is 9.98. The molecule has 2 aliphatic heterocycles. The fourth-order valence-corrected chi connectivity index (χ4v) is 4.18. The standard InChI is InChI=1S/C21H28FN5O3/c1-14(21(28)30-23)10-17-13-27(25-24-17)19-6-9-29-20-11-15(2-3-18(19)20)12-26-7-4-16(22)5-8-26/h2-3,11,13-14,16,19H,4-10,12,23H2,1H3. The zero-order valence-electron chi connectivity index (χ0n) is 17.2. The number of fused-ring (bicyclic) bond motifs is 1. The highest BCUT2D eigenvalue weighted by Crippen LogP contribution is 2.35. The third-order valence-corrected chi connectivity index (χ3v) is 5.92. The van der Waals surface area contributed by atoms with Crippen LogP contribution in [-0.2, 0) is 22.6 Å². The van der Waals surface area contributed by atoms with Crippen molar-refractivity contribution >= 4 is 5.97 Å². The summed E-state index contributed by atoms with van der Waals surface area (Å²) in [6.45, 7) is 4.73. The van der Waals surface area contributed by atoms with Gasteiger partial charge >= 0.3 is 5.97 Å². The molecule has 1 fully saturated rings. The van der Waals surface area contributed by atoms with Gasteiger partial charge in [-0.3, -0.25) is 9.69 Å². The van der Waals surface area contributed by atoms with E-state index in [9.17, 15) is 9.18 Å². The Kier molecular flexibility index (Phi) is 6.29. The molecule has 0 saturated carbocycles. The predicted molar refractivity (Wildman–Crippen MR) is 107 cm³/mol. The number of carbonyl (C=O) groups is 1. The molecule has 9 heteroatoms. The minimum atomic E-state index is -0.662. The Balaban J connectivity index is 1.46. The van der Waals surface area contributed by atoms with Gasteiger partial charge in [0.05, 0.1) is 24.3 Å². The largest absolute Gasteiger partial charge is 0.493 e. The highest BCUT2D eigenvalue weighted by Gasteiger charge is 2.26. The van der Waals surface area contributed by atoms with Crippen LogP contribution in [0, 0.1) is 5.92 Å². The van der Waals surface area contributed by atoms with Crippen molar-refractivity contribution in [3.8, 4) is 5.75 Å². The maximum absolute atomic E-state index is 13.4. The molecule has 1 aromatic carbocycles. The average molecular weight is 417 g/mol. The Labute approximate surface area is 175 Å². The quantitative estimate of drug-likeness (QED) is 0.720. The first kappa shape index (κ1) is 20.7. The number of halogens is 1. The van der Waals surface area contributed by atoms with Crippen molar-refractivity contribution in [2.75, 3.05) is 19.7 Å². The minimum absolute atomic E-state index is 0.0306. The molecule has 162 valence electrons. The SMILES string of the molecule is CC(Cc1cn(C2CCOc3cc(CN4CCC(F)CC4)ccc32)nn1)C(=O)ON. The van der Waals surface area contributed by atoms with Crippen LogP contribution in [-0.4, -0.2) is 51.7 Å². The van der Waals surface area contributed by atoms with E-state index < -0.39 is 12.1 Å². The highest BCUT2D eigenvalue weighted by molar-refractivity contribution is 5.71. The van der Waals surface area contributed by atoms with Gasteiger partial charge in [0.15, 0.2) is 0 Å². The number of hydrogen-bond acceptors (Lipinski definition) is 7. The van der Waals surface area contributed by atoms with Gasteiger partial charge in [-0.1, -0.05) is 24.3 Å². The number of hydrogen-bond donors (Lipinski definition) is 1. The molecule has 4 rings (SSSR count). The second-order valence-electron chi connectivity index (χ2n) is 8.21. The van der Waals surface area contributed by atoms with Crippen LogP contribution in [0.25, 0.3) is 0 Å². The Hall–Kier alpha value is -2.52. The zero-order chi connectivity index (χ0) is 21.1. The lowest BCUT2D eigenvalue weighted by Crippen LogP contribution is -2.33. The first-order valence-electron chi connectivity index (χ1n) is 10.5. The van der Waals surface area contributed by atoms with Crippen LogP contribution in [0.1, 0.15) is 49.0 Å². The summed E-state index contributed by atoms with van der Waals surface area (Å²) in [4.78, 5) is 18.1. The lowest BCUT2D eigenvalue weighted by Gasteiger charge is -2.30. The first-order valence-corrected chi connectivity index (χ1v) is 10.5. The van der Waals surface area contributed by atoms with E-state index in [-0.39, 0.29) is 12.0 Å². The minimum Gasteiger partial charge on any atom is -0.493 e. The van der Waals surface area contributed by atoms with Crippen molar-refractivity contribution < 1.29 is 18.8 Å². The Morgan fingerprint density at radius 3 is 2.93 bits per heavy atom. The number of nitrogens with zero attached hydrogens (tertiary/aromatic N) is 4. The van der Waals surface area contributed by atoms with E-state index >= 15 is 0 Å².